The number of nitrogens with two attached hydrogens (primary N) is 1. The van der Waals surface area contributed by atoms with Crippen molar-refractivity contribution in [1.82, 2.24) is 10.6 Å². The summed E-state index contributed by atoms with van der Waals surface area (Å²) in [4.78, 5) is 23.1. The smallest absolute Gasteiger partial charge is 0.251 e. The zero-order valence-corrected chi connectivity index (χ0v) is 12.6. The van der Waals surface area contributed by atoms with E-state index in [0.717, 1.165) is 11.3 Å². The van der Waals surface area contributed by atoms with E-state index in [1.807, 2.05) is 18.4 Å². The van der Waals surface area contributed by atoms with Crippen molar-refractivity contribution in [3.63, 3.8) is 0 Å². The molecule has 0 aromatic heterocycles. The van der Waals surface area contributed by atoms with Crippen LogP contribution in [0.2, 0.25) is 0 Å². The van der Waals surface area contributed by atoms with E-state index in [-0.39, 0.29) is 11.8 Å². The molecule has 0 bridgehead atoms. The molecule has 1 aromatic rings. The third kappa shape index (κ3) is 5.22. The molecule has 0 heterocycles. The number of nitrogens with one attached hydrogen (secondary N) is 2. The van der Waals surface area contributed by atoms with E-state index >= 15 is 0 Å². The van der Waals surface area contributed by atoms with Crippen LogP contribution in [-0.4, -0.2) is 36.9 Å². The molecule has 0 unspecified atom stereocenters. The molecular weight excluding hydrogens is 274 g/mol. The van der Waals surface area contributed by atoms with Crippen LogP contribution < -0.4 is 16.4 Å². The number of rotatable bonds is 7. The molecular formula is C14H21N3O2S. The Labute approximate surface area is 123 Å². The van der Waals surface area contributed by atoms with Crippen molar-refractivity contribution in [2.75, 3.05) is 19.1 Å². The van der Waals surface area contributed by atoms with Gasteiger partial charge in [0.15, 0.2) is 0 Å². The van der Waals surface area contributed by atoms with Crippen molar-refractivity contribution in [3.05, 3.63) is 35.4 Å². The second kappa shape index (κ2) is 8.60. The van der Waals surface area contributed by atoms with Crippen molar-refractivity contribution in [1.29, 1.82) is 0 Å². The van der Waals surface area contributed by atoms with Crippen LogP contribution in [0.4, 0.5) is 0 Å². The molecule has 110 valence electrons. The van der Waals surface area contributed by atoms with Crippen LogP contribution in [0.5, 0.6) is 0 Å². The summed E-state index contributed by atoms with van der Waals surface area (Å²) in [5.74, 6) is 0.601. The average molecular weight is 295 g/mol. The summed E-state index contributed by atoms with van der Waals surface area (Å²) < 4.78 is 0. The van der Waals surface area contributed by atoms with Gasteiger partial charge < -0.3 is 16.4 Å². The average Bonchev–Trinajstić information content (AvgIpc) is 2.49. The fourth-order valence-electron chi connectivity index (χ4n) is 1.61. The Morgan fingerprint density at radius 3 is 2.50 bits per heavy atom. The van der Waals surface area contributed by atoms with Crippen molar-refractivity contribution in [2.24, 2.45) is 5.73 Å². The van der Waals surface area contributed by atoms with Gasteiger partial charge in [0.1, 0.15) is 0 Å². The molecule has 0 radical (unpaired) electrons. The second-order valence-corrected chi connectivity index (χ2v) is 5.37. The molecule has 2 amide bonds. The summed E-state index contributed by atoms with van der Waals surface area (Å²) in [6.07, 6.45) is 2.65. The first-order valence-electron chi connectivity index (χ1n) is 6.41. The van der Waals surface area contributed by atoms with E-state index in [2.05, 4.69) is 10.6 Å². The van der Waals surface area contributed by atoms with Crippen LogP contribution in [0, 0.1) is 0 Å². The molecule has 0 spiro atoms. The van der Waals surface area contributed by atoms with Gasteiger partial charge in [-0.05, 0) is 36.1 Å². The van der Waals surface area contributed by atoms with Gasteiger partial charge in [0.05, 0.1) is 6.04 Å². The first kappa shape index (κ1) is 16.5. The maximum atomic E-state index is 11.7. The van der Waals surface area contributed by atoms with Crippen LogP contribution in [0.1, 0.15) is 22.3 Å². The minimum absolute atomic E-state index is 0.125. The van der Waals surface area contributed by atoms with E-state index < -0.39 is 6.04 Å². The Hall–Kier alpha value is -1.53. The van der Waals surface area contributed by atoms with E-state index in [0.29, 0.717) is 18.5 Å². The Morgan fingerprint density at radius 1 is 1.30 bits per heavy atom. The number of carbonyl (C=O) groups excluding carboxylic acids is 2. The van der Waals surface area contributed by atoms with Gasteiger partial charge in [-0.3, -0.25) is 9.59 Å². The fraction of sp³-hybridized carbons (Fsp3) is 0.429. The predicted molar refractivity (Wildman–Crippen MR) is 82.7 cm³/mol. The summed E-state index contributed by atoms with van der Waals surface area (Å²) in [5.41, 5.74) is 7.30. The Bertz CT molecular complexity index is 448. The zero-order valence-electron chi connectivity index (χ0n) is 11.8. The maximum Gasteiger partial charge on any atom is 0.251 e. The van der Waals surface area contributed by atoms with Crippen LogP contribution in [-0.2, 0) is 11.3 Å². The number of amides is 2. The van der Waals surface area contributed by atoms with Crippen molar-refractivity contribution in [2.45, 2.75) is 19.0 Å². The highest BCUT2D eigenvalue weighted by Gasteiger charge is 2.12. The largest absolute Gasteiger partial charge is 0.355 e. The number of hydrogen-bond acceptors (Lipinski definition) is 4. The molecule has 6 heteroatoms. The second-order valence-electron chi connectivity index (χ2n) is 4.38. The third-order valence-electron chi connectivity index (χ3n) is 2.88. The lowest BCUT2D eigenvalue weighted by atomic mass is 10.1. The molecule has 1 atom stereocenters. The summed E-state index contributed by atoms with van der Waals surface area (Å²) >= 11 is 1.67. The lowest BCUT2D eigenvalue weighted by molar-refractivity contribution is -0.122. The molecule has 0 aliphatic carbocycles. The molecule has 0 saturated carbocycles. The quantitative estimate of drug-likeness (QED) is 0.693. The first-order chi connectivity index (χ1) is 9.58. The lowest BCUT2D eigenvalue weighted by Gasteiger charge is -2.11. The van der Waals surface area contributed by atoms with Crippen molar-refractivity contribution in [3.8, 4) is 0 Å². The molecule has 5 nitrogen and oxygen atoms in total. The van der Waals surface area contributed by atoms with Gasteiger partial charge >= 0.3 is 0 Å². The maximum absolute atomic E-state index is 11.7. The van der Waals surface area contributed by atoms with E-state index in [4.69, 9.17) is 5.73 Å². The highest BCUT2D eigenvalue weighted by molar-refractivity contribution is 7.98. The molecule has 1 rings (SSSR count). The molecule has 4 N–H and O–H groups in total. The van der Waals surface area contributed by atoms with Gasteiger partial charge in [0.2, 0.25) is 5.91 Å². The number of hydrogen-bond donors (Lipinski definition) is 3. The first-order valence-corrected chi connectivity index (χ1v) is 7.81. The predicted octanol–water partition coefficient (Wildman–Crippen LogP) is 0.743. The van der Waals surface area contributed by atoms with Gasteiger partial charge in [-0.15, -0.1) is 0 Å². The molecule has 0 aliphatic heterocycles. The number of benzene rings is 1. The zero-order chi connectivity index (χ0) is 15.0. The lowest BCUT2D eigenvalue weighted by Crippen LogP contribution is -2.40. The minimum atomic E-state index is -0.465. The molecule has 0 aliphatic rings. The summed E-state index contributed by atoms with van der Waals surface area (Å²) in [7, 11) is 1.59. The molecule has 0 saturated heterocycles. The highest BCUT2D eigenvalue weighted by Crippen LogP contribution is 2.05. The molecule has 0 fully saturated rings. The van der Waals surface area contributed by atoms with Gasteiger partial charge in [0.25, 0.3) is 5.91 Å². The van der Waals surface area contributed by atoms with Crippen LogP contribution in [0.25, 0.3) is 0 Å². The van der Waals surface area contributed by atoms with E-state index in [1.54, 1.807) is 30.9 Å². The van der Waals surface area contributed by atoms with E-state index in [1.165, 1.54) is 0 Å². The van der Waals surface area contributed by atoms with Gasteiger partial charge in [0, 0.05) is 19.2 Å². The normalized spacial score (nSPS) is 11.8. The molecule has 1 aromatic carbocycles. The third-order valence-corrected chi connectivity index (χ3v) is 3.52. The monoisotopic (exact) mass is 295 g/mol. The van der Waals surface area contributed by atoms with E-state index in [9.17, 15) is 9.59 Å². The SMILES string of the molecule is CNC(=O)c1ccc(CNC(=O)[C@@H](N)CCSC)cc1. The topological polar surface area (TPSA) is 84.2 Å². The standard InChI is InChI=1S/C14H21N3O2S/c1-16-13(18)11-5-3-10(4-6-11)9-17-14(19)12(15)7-8-20-2/h3-6,12H,7-9,15H2,1-2H3,(H,16,18)(H,17,19)/t12-/m0/s1. The Morgan fingerprint density at radius 2 is 1.95 bits per heavy atom. The van der Waals surface area contributed by atoms with Crippen molar-refractivity contribution >= 4 is 23.6 Å². The Balaban J connectivity index is 2.45. The van der Waals surface area contributed by atoms with Gasteiger partial charge in [-0.2, -0.15) is 11.8 Å². The summed E-state index contributed by atoms with van der Waals surface area (Å²) in [6, 6.07) is 6.63. The van der Waals surface area contributed by atoms with Crippen LogP contribution >= 0.6 is 11.8 Å². The fourth-order valence-corrected chi connectivity index (χ4v) is 2.10. The summed E-state index contributed by atoms with van der Waals surface area (Å²) in [6.45, 7) is 0.416. The molecule has 20 heavy (non-hydrogen) atoms. The van der Waals surface area contributed by atoms with Gasteiger partial charge in [-0.25, -0.2) is 0 Å². The van der Waals surface area contributed by atoms with Crippen LogP contribution in [0.15, 0.2) is 24.3 Å². The van der Waals surface area contributed by atoms with Crippen molar-refractivity contribution < 1.29 is 9.59 Å². The number of thioether (sulfide) groups is 1. The highest BCUT2D eigenvalue weighted by atomic mass is 32.2. The summed E-state index contributed by atoms with van der Waals surface area (Å²) in [5, 5.41) is 5.35. The minimum Gasteiger partial charge on any atom is -0.355 e. The van der Waals surface area contributed by atoms with Gasteiger partial charge in [-0.1, -0.05) is 12.1 Å². The van der Waals surface area contributed by atoms with Crippen LogP contribution in [0.3, 0.4) is 0 Å². The Kier molecular flexibility index (Phi) is 7.11. The number of carbonyl (C=O) groups is 2.